The van der Waals surface area contributed by atoms with Crippen LogP contribution >= 0.6 is 22.9 Å². The van der Waals surface area contributed by atoms with Crippen molar-refractivity contribution in [3.8, 4) is 0 Å². The van der Waals surface area contributed by atoms with Crippen molar-refractivity contribution in [1.29, 1.82) is 0 Å². The number of thiazole rings is 1. The first-order valence-electron chi connectivity index (χ1n) is 4.70. The molecule has 0 bridgehead atoms. The van der Waals surface area contributed by atoms with Gasteiger partial charge in [0.15, 0.2) is 5.13 Å². The summed E-state index contributed by atoms with van der Waals surface area (Å²) in [6.45, 7) is 2.69. The number of hydrogen-bond acceptors (Lipinski definition) is 4. The number of benzene rings is 1. The topological polar surface area (TPSA) is 50.9 Å². The largest absolute Gasteiger partial charge is 0.360 e. The number of fused-ring (bicyclic) bond motifs is 1. The van der Waals surface area contributed by atoms with E-state index in [4.69, 9.17) is 17.3 Å². The Labute approximate surface area is 97.3 Å². The van der Waals surface area contributed by atoms with E-state index in [1.54, 1.807) is 11.3 Å². The molecule has 0 aliphatic rings. The van der Waals surface area contributed by atoms with E-state index >= 15 is 0 Å². The maximum atomic E-state index is 5.89. The van der Waals surface area contributed by atoms with E-state index < -0.39 is 0 Å². The average molecular weight is 242 g/mol. The molecule has 2 rings (SSSR count). The molecule has 1 aromatic carbocycles. The van der Waals surface area contributed by atoms with Crippen LogP contribution in [0.3, 0.4) is 0 Å². The second kappa shape index (κ2) is 4.35. The molecule has 0 radical (unpaired) electrons. The van der Waals surface area contributed by atoms with Gasteiger partial charge < -0.3 is 11.1 Å². The van der Waals surface area contributed by atoms with Crippen molar-refractivity contribution < 1.29 is 0 Å². The molecule has 1 aromatic heterocycles. The van der Waals surface area contributed by atoms with Crippen molar-refractivity contribution >= 4 is 38.3 Å². The smallest absolute Gasteiger partial charge is 0.183 e. The van der Waals surface area contributed by atoms with Gasteiger partial charge in [0, 0.05) is 17.6 Å². The van der Waals surface area contributed by atoms with E-state index in [0.29, 0.717) is 0 Å². The summed E-state index contributed by atoms with van der Waals surface area (Å²) >= 11 is 7.49. The van der Waals surface area contributed by atoms with Gasteiger partial charge in [0.05, 0.1) is 10.2 Å². The zero-order valence-corrected chi connectivity index (χ0v) is 9.90. The minimum Gasteiger partial charge on any atom is -0.360 e. The number of anilines is 1. The van der Waals surface area contributed by atoms with Gasteiger partial charge in [-0.15, -0.1) is 0 Å². The van der Waals surface area contributed by atoms with Gasteiger partial charge in [0.25, 0.3) is 0 Å². The molecule has 0 fully saturated rings. The van der Waals surface area contributed by atoms with Gasteiger partial charge in [-0.1, -0.05) is 22.9 Å². The molecular formula is C10H12ClN3S. The van der Waals surface area contributed by atoms with Gasteiger partial charge in [-0.25, -0.2) is 4.98 Å². The highest BCUT2D eigenvalue weighted by molar-refractivity contribution is 7.22. The second-order valence-electron chi connectivity index (χ2n) is 3.49. The molecule has 0 aliphatic heterocycles. The van der Waals surface area contributed by atoms with Crippen LogP contribution in [0.4, 0.5) is 5.13 Å². The van der Waals surface area contributed by atoms with Crippen molar-refractivity contribution in [2.45, 2.75) is 13.0 Å². The van der Waals surface area contributed by atoms with Gasteiger partial charge in [0.1, 0.15) is 0 Å². The van der Waals surface area contributed by atoms with Crippen molar-refractivity contribution in [1.82, 2.24) is 4.98 Å². The van der Waals surface area contributed by atoms with Crippen LogP contribution in [-0.4, -0.2) is 17.6 Å². The zero-order chi connectivity index (χ0) is 10.8. The molecule has 2 aromatic rings. The average Bonchev–Trinajstić information content (AvgIpc) is 2.56. The molecule has 5 heteroatoms. The Morgan fingerprint density at radius 3 is 3.13 bits per heavy atom. The highest BCUT2D eigenvalue weighted by Gasteiger charge is 2.04. The molecule has 3 nitrogen and oxygen atoms in total. The van der Waals surface area contributed by atoms with Crippen LogP contribution < -0.4 is 11.1 Å². The fourth-order valence-electron chi connectivity index (χ4n) is 1.22. The predicted octanol–water partition coefficient (Wildman–Crippen LogP) is 2.71. The van der Waals surface area contributed by atoms with E-state index in [9.17, 15) is 0 Å². The van der Waals surface area contributed by atoms with E-state index in [0.717, 1.165) is 26.9 Å². The highest BCUT2D eigenvalue weighted by atomic mass is 35.5. The number of hydrogen-bond donors (Lipinski definition) is 2. The van der Waals surface area contributed by atoms with Crippen LogP contribution in [0.25, 0.3) is 10.2 Å². The summed E-state index contributed by atoms with van der Waals surface area (Å²) in [5.41, 5.74) is 6.62. The van der Waals surface area contributed by atoms with E-state index in [1.807, 2.05) is 25.1 Å². The van der Waals surface area contributed by atoms with Crippen LogP contribution in [0, 0.1) is 0 Å². The summed E-state index contributed by atoms with van der Waals surface area (Å²) in [4.78, 5) is 4.42. The Kier molecular flexibility index (Phi) is 3.09. The van der Waals surface area contributed by atoms with Gasteiger partial charge in [-0.3, -0.25) is 0 Å². The monoisotopic (exact) mass is 241 g/mol. The van der Waals surface area contributed by atoms with E-state index in [-0.39, 0.29) is 6.04 Å². The number of nitrogens with zero attached hydrogens (tertiary/aromatic N) is 1. The lowest BCUT2D eigenvalue weighted by molar-refractivity contribution is 0.779. The summed E-state index contributed by atoms with van der Waals surface area (Å²) in [6.07, 6.45) is 0. The first-order valence-corrected chi connectivity index (χ1v) is 5.90. The summed E-state index contributed by atoms with van der Waals surface area (Å²) < 4.78 is 1.09. The number of aromatic nitrogens is 1. The molecule has 15 heavy (non-hydrogen) atoms. The van der Waals surface area contributed by atoms with Gasteiger partial charge in [0.2, 0.25) is 0 Å². The quantitative estimate of drug-likeness (QED) is 0.869. The SMILES string of the molecule is CC(N)CNc1nc2ccc(Cl)cc2s1. The third-order valence-corrected chi connectivity index (χ3v) is 3.14. The normalized spacial score (nSPS) is 13.0. The number of nitrogens with two attached hydrogens (primary N) is 1. The van der Waals surface area contributed by atoms with E-state index in [2.05, 4.69) is 10.3 Å². The molecule has 80 valence electrons. The van der Waals surface area contributed by atoms with Crippen molar-refractivity contribution in [3.05, 3.63) is 23.2 Å². The van der Waals surface area contributed by atoms with Crippen LogP contribution in [0.15, 0.2) is 18.2 Å². The predicted molar refractivity (Wildman–Crippen MR) is 66.8 cm³/mol. The molecule has 1 atom stereocenters. The molecule has 0 saturated carbocycles. The molecule has 0 saturated heterocycles. The molecule has 0 amide bonds. The fourth-order valence-corrected chi connectivity index (χ4v) is 2.37. The Morgan fingerprint density at radius 1 is 1.60 bits per heavy atom. The van der Waals surface area contributed by atoms with Crippen molar-refractivity contribution in [2.24, 2.45) is 5.73 Å². The van der Waals surface area contributed by atoms with Crippen LogP contribution in [0.2, 0.25) is 5.02 Å². The minimum absolute atomic E-state index is 0.126. The third-order valence-electron chi connectivity index (χ3n) is 1.93. The Hall–Kier alpha value is -0.840. The first kappa shape index (κ1) is 10.7. The Balaban J connectivity index is 2.23. The van der Waals surface area contributed by atoms with Crippen LogP contribution in [-0.2, 0) is 0 Å². The van der Waals surface area contributed by atoms with Crippen LogP contribution in [0.5, 0.6) is 0 Å². The Morgan fingerprint density at radius 2 is 2.40 bits per heavy atom. The molecule has 1 unspecified atom stereocenters. The standard InChI is InChI=1S/C10H12ClN3S/c1-6(12)5-13-10-14-8-3-2-7(11)4-9(8)15-10/h2-4,6H,5,12H2,1H3,(H,13,14). The number of halogens is 1. The van der Waals surface area contributed by atoms with E-state index in [1.165, 1.54) is 0 Å². The molecule has 1 heterocycles. The minimum atomic E-state index is 0.126. The maximum absolute atomic E-state index is 5.89. The lowest BCUT2D eigenvalue weighted by atomic mass is 10.3. The van der Waals surface area contributed by atoms with Gasteiger partial charge in [-0.2, -0.15) is 0 Å². The van der Waals surface area contributed by atoms with Gasteiger partial charge in [-0.05, 0) is 25.1 Å². The molecular weight excluding hydrogens is 230 g/mol. The first-order chi connectivity index (χ1) is 7.15. The summed E-state index contributed by atoms with van der Waals surface area (Å²) in [5.74, 6) is 0. The maximum Gasteiger partial charge on any atom is 0.183 e. The fraction of sp³-hybridized carbons (Fsp3) is 0.300. The number of nitrogens with one attached hydrogen (secondary N) is 1. The zero-order valence-electron chi connectivity index (χ0n) is 8.33. The lowest BCUT2D eigenvalue weighted by Gasteiger charge is -2.04. The summed E-state index contributed by atoms with van der Waals surface area (Å²) in [6, 6.07) is 5.82. The summed E-state index contributed by atoms with van der Waals surface area (Å²) in [7, 11) is 0. The van der Waals surface area contributed by atoms with Gasteiger partial charge >= 0.3 is 0 Å². The molecule has 3 N–H and O–H groups in total. The lowest BCUT2D eigenvalue weighted by Crippen LogP contribution is -2.25. The number of rotatable bonds is 3. The Bertz CT molecular complexity index is 467. The second-order valence-corrected chi connectivity index (χ2v) is 4.96. The van der Waals surface area contributed by atoms with Crippen molar-refractivity contribution in [2.75, 3.05) is 11.9 Å². The third kappa shape index (κ3) is 2.59. The van der Waals surface area contributed by atoms with Crippen molar-refractivity contribution in [3.63, 3.8) is 0 Å². The summed E-state index contributed by atoms with van der Waals surface area (Å²) in [5, 5.41) is 4.83. The van der Waals surface area contributed by atoms with Crippen LogP contribution in [0.1, 0.15) is 6.92 Å². The highest BCUT2D eigenvalue weighted by Crippen LogP contribution is 2.27. The molecule has 0 spiro atoms. The molecule has 0 aliphatic carbocycles.